The largest absolute Gasteiger partial charge is 0.508 e. The molecule has 2 aromatic carbocycles. The molecule has 3 aromatic rings. The van der Waals surface area contributed by atoms with Crippen molar-refractivity contribution in [3.63, 3.8) is 0 Å². The zero-order chi connectivity index (χ0) is 13.9. The smallest absolute Gasteiger partial charge is 0.128 e. The van der Waals surface area contributed by atoms with Crippen LogP contribution in [-0.4, -0.2) is 10.1 Å². The van der Waals surface area contributed by atoms with Gasteiger partial charge in [-0.15, -0.1) is 0 Å². The Bertz CT molecular complexity index is 734. The molecule has 0 bridgehead atoms. The van der Waals surface area contributed by atoms with E-state index < -0.39 is 0 Å². The number of benzene rings is 2. The average molecular weight is 268 g/mol. The number of fused-ring (bicyclic) bond motifs is 1. The van der Waals surface area contributed by atoms with Gasteiger partial charge >= 0.3 is 0 Å². The van der Waals surface area contributed by atoms with Gasteiger partial charge in [-0.2, -0.15) is 0 Å². The van der Waals surface area contributed by atoms with Crippen molar-refractivity contribution in [1.82, 2.24) is 4.98 Å². The van der Waals surface area contributed by atoms with Gasteiger partial charge in [0.05, 0.1) is 11.2 Å². The summed E-state index contributed by atoms with van der Waals surface area (Å²) in [5, 5.41) is 10.5. The number of hydrogen-bond donors (Lipinski definition) is 3. The molecule has 0 radical (unpaired) electrons. The molecule has 0 saturated carbocycles. The van der Waals surface area contributed by atoms with E-state index in [0.717, 1.165) is 22.2 Å². The van der Waals surface area contributed by atoms with Gasteiger partial charge in [-0.25, -0.2) is 0 Å². The topological polar surface area (TPSA) is 71.3 Å². The number of aromatic hydroxyl groups is 1. The molecule has 1 heterocycles. The highest BCUT2D eigenvalue weighted by Crippen LogP contribution is 2.22. The minimum absolute atomic E-state index is 0.199. The van der Waals surface area contributed by atoms with Crippen molar-refractivity contribution in [2.75, 3.05) is 0 Å². The Morgan fingerprint density at radius 1 is 1.10 bits per heavy atom. The Hall–Kier alpha value is -2.46. The lowest BCUT2D eigenvalue weighted by atomic mass is 10.1. The Morgan fingerprint density at radius 2 is 1.95 bits per heavy atom. The Kier molecular flexibility index (Phi) is 3.31. The van der Waals surface area contributed by atoms with E-state index in [1.807, 2.05) is 24.3 Å². The van der Waals surface area contributed by atoms with Crippen molar-refractivity contribution in [2.45, 2.75) is 13.2 Å². The second-order valence-electron chi connectivity index (χ2n) is 4.67. The summed E-state index contributed by atoms with van der Waals surface area (Å²) in [5.41, 5.74) is 8.85. The summed E-state index contributed by atoms with van der Waals surface area (Å²) in [6.45, 7) is 0.923. The standard InChI is InChI=1S/C16H16N2O2/c17-9-12-4-1-3-11-7-13(18-16(11)12)10-20-15-6-2-5-14(19)8-15/h1-8,18-19H,9-10,17H2. The van der Waals surface area contributed by atoms with Gasteiger partial charge < -0.3 is 20.6 Å². The number of nitrogens with two attached hydrogens (primary N) is 1. The van der Waals surface area contributed by atoms with Crippen molar-refractivity contribution in [1.29, 1.82) is 0 Å². The zero-order valence-electron chi connectivity index (χ0n) is 11.0. The number of H-pyrrole nitrogens is 1. The molecule has 0 amide bonds. The van der Waals surface area contributed by atoms with Crippen molar-refractivity contribution in [3.8, 4) is 11.5 Å². The van der Waals surface area contributed by atoms with Crippen molar-refractivity contribution in [3.05, 3.63) is 59.8 Å². The third-order valence-electron chi connectivity index (χ3n) is 3.23. The van der Waals surface area contributed by atoms with Crippen LogP contribution in [0.1, 0.15) is 11.3 Å². The van der Waals surface area contributed by atoms with Gasteiger partial charge in [0.15, 0.2) is 0 Å². The van der Waals surface area contributed by atoms with E-state index in [9.17, 15) is 5.11 Å². The zero-order valence-corrected chi connectivity index (χ0v) is 11.0. The molecular formula is C16H16N2O2. The first kappa shape index (κ1) is 12.6. The third kappa shape index (κ3) is 2.46. The first-order valence-electron chi connectivity index (χ1n) is 6.47. The Balaban J connectivity index is 1.81. The lowest BCUT2D eigenvalue weighted by molar-refractivity contribution is 0.300. The number of rotatable bonds is 4. The fourth-order valence-corrected chi connectivity index (χ4v) is 2.26. The number of hydrogen-bond acceptors (Lipinski definition) is 3. The number of nitrogens with one attached hydrogen (secondary N) is 1. The molecule has 0 atom stereocenters. The summed E-state index contributed by atoms with van der Waals surface area (Å²) in [6, 6.07) is 14.9. The maximum absolute atomic E-state index is 9.39. The van der Waals surface area contributed by atoms with Crippen LogP contribution in [0.3, 0.4) is 0 Å². The summed E-state index contributed by atoms with van der Waals surface area (Å²) in [6.07, 6.45) is 0. The van der Waals surface area contributed by atoms with Crippen LogP contribution in [0.5, 0.6) is 11.5 Å². The minimum Gasteiger partial charge on any atom is -0.508 e. The molecule has 3 rings (SSSR count). The van der Waals surface area contributed by atoms with E-state index in [0.29, 0.717) is 18.9 Å². The second-order valence-corrected chi connectivity index (χ2v) is 4.67. The maximum Gasteiger partial charge on any atom is 0.128 e. The average Bonchev–Trinajstić information content (AvgIpc) is 2.88. The highest BCUT2D eigenvalue weighted by Gasteiger charge is 2.05. The van der Waals surface area contributed by atoms with Gasteiger partial charge in [0.25, 0.3) is 0 Å². The molecule has 0 aliphatic carbocycles. The molecule has 20 heavy (non-hydrogen) atoms. The minimum atomic E-state index is 0.199. The van der Waals surface area contributed by atoms with Crippen LogP contribution in [0, 0.1) is 0 Å². The van der Waals surface area contributed by atoms with Gasteiger partial charge in [0.1, 0.15) is 18.1 Å². The maximum atomic E-state index is 9.39. The molecule has 4 nitrogen and oxygen atoms in total. The number of phenolic OH excluding ortho intramolecular Hbond substituents is 1. The summed E-state index contributed by atoms with van der Waals surface area (Å²) in [7, 11) is 0. The molecular weight excluding hydrogens is 252 g/mol. The highest BCUT2D eigenvalue weighted by molar-refractivity contribution is 5.83. The van der Waals surface area contributed by atoms with E-state index in [2.05, 4.69) is 11.1 Å². The van der Waals surface area contributed by atoms with Crippen molar-refractivity contribution >= 4 is 10.9 Å². The normalized spacial score (nSPS) is 10.8. The molecule has 0 aliphatic rings. The van der Waals surface area contributed by atoms with Crippen LogP contribution in [-0.2, 0) is 13.2 Å². The molecule has 0 spiro atoms. The van der Waals surface area contributed by atoms with Crippen LogP contribution in [0.2, 0.25) is 0 Å². The van der Waals surface area contributed by atoms with Crippen LogP contribution >= 0.6 is 0 Å². The van der Waals surface area contributed by atoms with Gasteiger partial charge in [-0.05, 0) is 23.8 Å². The molecule has 4 heteroatoms. The monoisotopic (exact) mass is 268 g/mol. The molecule has 102 valence electrons. The quantitative estimate of drug-likeness (QED) is 0.681. The molecule has 0 unspecified atom stereocenters. The van der Waals surface area contributed by atoms with E-state index in [4.69, 9.17) is 10.5 Å². The fourth-order valence-electron chi connectivity index (χ4n) is 2.26. The van der Waals surface area contributed by atoms with Crippen molar-refractivity contribution < 1.29 is 9.84 Å². The van der Waals surface area contributed by atoms with Crippen LogP contribution in [0.25, 0.3) is 10.9 Å². The summed E-state index contributed by atoms with van der Waals surface area (Å²) >= 11 is 0. The van der Waals surface area contributed by atoms with E-state index in [-0.39, 0.29) is 5.75 Å². The Labute approximate surface area is 116 Å². The van der Waals surface area contributed by atoms with E-state index in [1.54, 1.807) is 18.2 Å². The molecule has 0 saturated heterocycles. The number of para-hydroxylation sites is 1. The first-order valence-corrected chi connectivity index (χ1v) is 6.47. The predicted octanol–water partition coefficient (Wildman–Crippen LogP) is 2.91. The third-order valence-corrected chi connectivity index (χ3v) is 3.23. The molecule has 1 aromatic heterocycles. The summed E-state index contributed by atoms with van der Waals surface area (Å²) < 4.78 is 5.65. The van der Waals surface area contributed by atoms with Gasteiger partial charge in [0.2, 0.25) is 0 Å². The summed E-state index contributed by atoms with van der Waals surface area (Å²) in [4.78, 5) is 3.33. The van der Waals surface area contributed by atoms with Crippen molar-refractivity contribution in [2.24, 2.45) is 5.73 Å². The van der Waals surface area contributed by atoms with Gasteiger partial charge in [-0.1, -0.05) is 24.3 Å². The summed E-state index contributed by atoms with van der Waals surface area (Å²) in [5.74, 6) is 0.840. The Morgan fingerprint density at radius 3 is 2.75 bits per heavy atom. The first-order chi connectivity index (χ1) is 9.76. The molecule has 0 fully saturated rings. The predicted molar refractivity (Wildman–Crippen MR) is 78.6 cm³/mol. The highest BCUT2D eigenvalue weighted by atomic mass is 16.5. The van der Waals surface area contributed by atoms with Gasteiger partial charge in [0, 0.05) is 18.0 Å². The van der Waals surface area contributed by atoms with Crippen LogP contribution < -0.4 is 10.5 Å². The second kappa shape index (κ2) is 5.27. The van der Waals surface area contributed by atoms with E-state index >= 15 is 0 Å². The number of ether oxygens (including phenoxy) is 1. The van der Waals surface area contributed by atoms with Crippen LogP contribution in [0.15, 0.2) is 48.5 Å². The number of phenols is 1. The number of aromatic amines is 1. The number of aromatic nitrogens is 1. The SMILES string of the molecule is NCc1cccc2cc(COc3cccc(O)c3)[nH]c12. The molecule has 4 N–H and O–H groups in total. The van der Waals surface area contributed by atoms with Crippen LogP contribution in [0.4, 0.5) is 0 Å². The van der Waals surface area contributed by atoms with Gasteiger partial charge in [-0.3, -0.25) is 0 Å². The molecule has 0 aliphatic heterocycles. The lowest BCUT2D eigenvalue weighted by Crippen LogP contribution is -1.97. The fraction of sp³-hybridized carbons (Fsp3) is 0.125. The lowest BCUT2D eigenvalue weighted by Gasteiger charge is -2.04. The van der Waals surface area contributed by atoms with E-state index in [1.165, 1.54) is 0 Å².